The Balaban J connectivity index is 0.000000300. The van der Waals surface area contributed by atoms with Crippen molar-refractivity contribution >= 4 is 15.5 Å². The maximum absolute atomic E-state index is 13.2. The second kappa shape index (κ2) is 10.8. The van der Waals surface area contributed by atoms with Gasteiger partial charge in [-0.2, -0.15) is 0 Å². The Labute approximate surface area is 193 Å². The van der Waals surface area contributed by atoms with Crippen LogP contribution in [-0.4, -0.2) is 53.2 Å². The van der Waals surface area contributed by atoms with Crippen molar-refractivity contribution in [2.75, 3.05) is 37.6 Å². The number of nitrogens with one attached hydrogen (secondary N) is 2. The number of sulfone groups is 1. The van der Waals surface area contributed by atoms with E-state index in [1.54, 1.807) is 35.2 Å². The van der Waals surface area contributed by atoms with Gasteiger partial charge in [0.2, 0.25) is 9.84 Å². The number of fused-ring (bicyclic) bond motifs is 1. The van der Waals surface area contributed by atoms with Gasteiger partial charge in [0.05, 0.1) is 41.0 Å². The molecule has 6 heteroatoms. The van der Waals surface area contributed by atoms with Gasteiger partial charge in [-0.25, -0.2) is 8.42 Å². The molecule has 0 radical (unpaired) electrons. The van der Waals surface area contributed by atoms with E-state index in [1.165, 1.54) is 58.3 Å². The van der Waals surface area contributed by atoms with Crippen LogP contribution in [0.25, 0.3) is 0 Å². The van der Waals surface area contributed by atoms with Crippen molar-refractivity contribution in [1.29, 1.82) is 0 Å². The number of likely N-dealkylation sites (N-methyl/N-ethyl adjacent to an activating group) is 1. The number of para-hydroxylation sites is 1. The molecule has 0 saturated carbocycles. The van der Waals surface area contributed by atoms with Crippen LogP contribution in [0.1, 0.15) is 45.4 Å². The zero-order valence-corrected chi connectivity index (χ0v) is 20.1. The Morgan fingerprint density at radius 1 is 0.906 bits per heavy atom. The van der Waals surface area contributed by atoms with Crippen molar-refractivity contribution in [3.05, 3.63) is 54.6 Å². The summed E-state index contributed by atoms with van der Waals surface area (Å²) in [5.74, 6) is 0. The molecular weight excluding hydrogens is 418 g/mol. The monoisotopic (exact) mass is 456 g/mol. The van der Waals surface area contributed by atoms with Gasteiger partial charge in [-0.15, -0.1) is 0 Å². The van der Waals surface area contributed by atoms with Crippen LogP contribution < -0.4 is 15.1 Å². The normalized spacial score (nSPS) is 25.0. The van der Waals surface area contributed by atoms with Crippen LogP contribution >= 0.6 is 0 Å². The molecule has 174 valence electrons. The van der Waals surface area contributed by atoms with Crippen molar-refractivity contribution in [2.45, 2.75) is 67.3 Å². The summed E-state index contributed by atoms with van der Waals surface area (Å²) in [7, 11) is -3.52. The van der Waals surface area contributed by atoms with Gasteiger partial charge in [0, 0.05) is 13.0 Å². The average Bonchev–Trinajstić information content (AvgIpc) is 3.00. The van der Waals surface area contributed by atoms with E-state index < -0.39 is 9.84 Å². The standard InChI is InChI=1S/C20H24N2O2S.C6H13N/c1-2-22(18-13-15-21-14-12-17(18)21)19-10-6-7-11-20(19)25(23,24)16-8-4-3-5-9-16;1-2-4-6-7-5-3-1/h3-11,17-18H,2,12-15H2,1H3;7H,1-6H2/p+1. The summed E-state index contributed by atoms with van der Waals surface area (Å²) in [6.07, 6.45) is 8.05. The fourth-order valence-corrected chi connectivity index (χ4v) is 6.90. The Hall–Kier alpha value is -1.89. The van der Waals surface area contributed by atoms with Crippen molar-refractivity contribution in [3.8, 4) is 0 Å². The predicted octanol–water partition coefficient (Wildman–Crippen LogP) is 2.93. The van der Waals surface area contributed by atoms with Gasteiger partial charge in [0.25, 0.3) is 0 Å². The summed E-state index contributed by atoms with van der Waals surface area (Å²) in [6, 6.07) is 17.3. The molecule has 3 aliphatic rings. The summed E-state index contributed by atoms with van der Waals surface area (Å²) < 4.78 is 26.4. The average molecular weight is 457 g/mol. The number of nitrogens with zero attached hydrogens (tertiary/aromatic N) is 1. The summed E-state index contributed by atoms with van der Waals surface area (Å²) in [5, 5.41) is 3.35. The fraction of sp³-hybridized carbons (Fsp3) is 0.538. The van der Waals surface area contributed by atoms with E-state index in [-0.39, 0.29) is 0 Å². The Morgan fingerprint density at radius 2 is 1.56 bits per heavy atom. The Bertz CT molecular complexity index is 944. The second-order valence-corrected chi connectivity index (χ2v) is 11.1. The maximum atomic E-state index is 13.2. The summed E-state index contributed by atoms with van der Waals surface area (Å²) in [6.45, 7) is 7.93. The third-order valence-electron chi connectivity index (χ3n) is 7.24. The number of rotatable bonds is 5. The van der Waals surface area contributed by atoms with E-state index in [1.807, 2.05) is 24.3 Å². The molecule has 2 N–H and O–H groups in total. The zero-order valence-electron chi connectivity index (χ0n) is 19.3. The first-order valence-corrected chi connectivity index (χ1v) is 13.8. The highest BCUT2D eigenvalue weighted by atomic mass is 32.2. The molecule has 0 aromatic heterocycles. The van der Waals surface area contributed by atoms with Gasteiger partial charge in [-0.1, -0.05) is 43.2 Å². The maximum Gasteiger partial charge on any atom is 0.208 e. The van der Waals surface area contributed by atoms with Crippen LogP contribution in [-0.2, 0) is 9.84 Å². The van der Waals surface area contributed by atoms with Gasteiger partial charge in [-0.3, -0.25) is 0 Å². The first-order chi connectivity index (χ1) is 15.6. The third kappa shape index (κ3) is 5.03. The SMILES string of the molecule is C1CCCNCC1.CCN(c1ccccc1S(=O)(=O)c1ccccc1)C1CC[NH+]2CCC12. The summed E-state index contributed by atoms with van der Waals surface area (Å²) >= 11 is 0. The predicted molar refractivity (Wildman–Crippen MR) is 130 cm³/mol. The highest BCUT2D eigenvalue weighted by Crippen LogP contribution is 2.33. The van der Waals surface area contributed by atoms with Gasteiger partial charge < -0.3 is 15.1 Å². The third-order valence-corrected chi connectivity index (χ3v) is 9.06. The summed E-state index contributed by atoms with van der Waals surface area (Å²) in [5.41, 5.74) is 0.854. The molecule has 0 bridgehead atoms. The smallest absolute Gasteiger partial charge is 0.208 e. The van der Waals surface area contributed by atoms with E-state index in [0.29, 0.717) is 21.9 Å². The molecule has 5 rings (SSSR count). The molecule has 5 nitrogen and oxygen atoms in total. The van der Waals surface area contributed by atoms with Crippen molar-refractivity contribution < 1.29 is 13.3 Å². The minimum absolute atomic E-state index is 0.362. The van der Waals surface area contributed by atoms with E-state index >= 15 is 0 Å². The minimum Gasteiger partial charge on any atom is -0.362 e. The lowest BCUT2D eigenvalue weighted by Crippen LogP contribution is -3.20. The van der Waals surface area contributed by atoms with Crippen molar-refractivity contribution in [2.24, 2.45) is 0 Å². The lowest BCUT2D eigenvalue weighted by Gasteiger charge is -2.39. The largest absolute Gasteiger partial charge is 0.362 e. The highest BCUT2D eigenvalue weighted by Gasteiger charge is 2.47. The molecule has 32 heavy (non-hydrogen) atoms. The molecule has 2 aromatic rings. The van der Waals surface area contributed by atoms with Crippen LogP contribution in [0.2, 0.25) is 0 Å². The quantitative estimate of drug-likeness (QED) is 0.727. The number of benzene rings is 2. The number of hydrogen-bond donors (Lipinski definition) is 2. The van der Waals surface area contributed by atoms with Crippen molar-refractivity contribution in [3.63, 3.8) is 0 Å². The first kappa shape index (κ1) is 23.3. The lowest BCUT2D eigenvalue weighted by atomic mass is 9.98. The lowest BCUT2D eigenvalue weighted by molar-refractivity contribution is -0.954. The zero-order chi connectivity index (χ0) is 22.4. The molecular formula is C26H38N3O2S+. The van der Waals surface area contributed by atoms with Crippen LogP contribution in [0.5, 0.6) is 0 Å². The van der Waals surface area contributed by atoms with Gasteiger partial charge in [0.1, 0.15) is 6.04 Å². The van der Waals surface area contributed by atoms with E-state index in [9.17, 15) is 8.42 Å². The molecule has 3 aliphatic heterocycles. The first-order valence-electron chi connectivity index (χ1n) is 12.3. The van der Waals surface area contributed by atoms with E-state index in [2.05, 4.69) is 17.1 Å². The van der Waals surface area contributed by atoms with E-state index in [4.69, 9.17) is 0 Å². The number of hydrogen-bond acceptors (Lipinski definition) is 4. The highest BCUT2D eigenvalue weighted by molar-refractivity contribution is 7.91. The molecule has 3 unspecified atom stereocenters. The fourth-order valence-electron chi connectivity index (χ4n) is 5.41. The van der Waals surface area contributed by atoms with Crippen LogP contribution in [0, 0.1) is 0 Å². The molecule has 0 amide bonds. The van der Waals surface area contributed by atoms with Crippen LogP contribution in [0.4, 0.5) is 5.69 Å². The van der Waals surface area contributed by atoms with Gasteiger partial charge in [0.15, 0.2) is 0 Å². The van der Waals surface area contributed by atoms with E-state index in [0.717, 1.165) is 18.7 Å². The molecule has 3 saturated heterocycles. The molecule has 3 atom stereocenters. The molecule has 2 aromatic carbocycles. The minimum atomic E-state index is -3.52. The number of anilines is 1. The second-order valence-electron chi connectivity index (χ2n) is 9.14. The summed E-state index contributed by atoms with van der Waals surface area (Å²) in [4.78, 5) is 4.80. The molecule has 0 aliphatic carbocycles. The number of quaternary nitrogens is 1. The Kier molecular flexibility index (Phi) is 7.87. The molecule has 3 heterocycles. The van der Waals surface area contributed by atoms with Crippen molar-refractivity contribution in [1.82, 2.24) is 5.32 Å². The topological polar surface area (TPSA) is 53.9 Å². The molecule has 3 fully saturated rings. The van der Waals surface area contributed by atoms with Crippen LogP contribution in [0.15, 0.2) is 64.4 Å². The molecule has 0 spiro atoms. The van der Waals surface area contributed by atoms with Gasteiger partial charge >= 0.3 is 0 Å². The van der Waals surface area contributed by atoms with Gasteiger partial charge in [-0.05, 0) is 57.1 Å². The van der Waals surface area contributed by atoms with Crippen LogP contribution in [0.3, 0.4) is 0 Å². The Morgan fingerprint density at radius 3 is 2.19 bits per heavy atom.